The molecule has 2 aliphatic heterocycles. The van der Waals surface area contributed by atoms with Gasteiger partial charge >= 0.3 is 0 Å². The molecule has 0 amide bonds. The molecule has 0 aromatic heterocycles. The van der Waals surface area contributed by atoms with Gasteiger partial charge in [0.1, 0.15) is 0 Å². The molecule has 2 heterocycles. The van der Waals surface area contributed by atoms with Crippen LogP contribution >= 0.6 is 0 Å². The van der Waals surface area contributed by atoms with Gasteiger partial charge in [0.2, 0.25) is 0 Å². The summed E-state index contributed by atoms with van der Waals surface area (Å²) >= 11 is 0. The first-order valence-electron chi connectivity index (χ1n) is 10.6. The Morgan fingerprint density at radius 1 is 0.846 bits per heavy atom. The standard InChI is InChI=1S/C12H22O2.C10H20O2/c1-12(7-3-4-8-12)11-6-5-10(14-11)9-13-2;1-10(2,3)9-6-5-8(12-9)7-11-4/h10-11H,3-9H2,1-2H3;8-9H,5-7H2,1-4H3. The van der Waals surface area contributed by atoms with Gasteiger partial charge in [-0.3, -0.25) is 0 Å². The van der Waals surface area contributed by atoms with E-state index in [0.717, 1.165) is 19.6 Å². The lowest BCUT2D eigenvalue weighted by atomic mass is 9.81. The predicted octanol–water partition coefficient (Wildman–Crippen LogP) is 4.99. The van der Waals surface area contributed by atoms with Crippen LogP contribution in [-0.2, 0) is 18.9 Å². The molecule has 0 radical (unpaired) electrons. The molecule has 0 spiro atoms. The van der Waals surface area contributed by atoms with E-state index in [9.17, 15) is 0 Å². The van der Waals surface area contributed by atoms with Crippen LogP contribution in [0.25, 0.3) is 0 Å². The lowest BCUT2D eigenvalue weighted by molar-refractivity contribution is -0.0517. The summed E-state index contributed by atoms with van der Waals surface area (Å²) in [6.07, 6.45) is 11.9. The number of ether oxygens (including phenoxy) is 4. The number of rotatable bonds is 5. The lowest BCUT2D eigenvalue weighted by Gasteiger charge is -2.30. The Hall–Kier alpha value is -0.160. The molecule has 4 atom stereocenters. The van der Waals surface area contributed by atoms with Crippen molar-refractivity contribution in [1.82, 2.24) is 0 Å². The molecule has 4 unspecified atom stereocenters. The fourth-order valence-corrected chi connectivity index (χ4v) is 4.68. The quantitative estimate of drug-likeness (QED) is 0.683. The number of methoxy groups -OCH3 is 2. The minimum atomic E-state index is 0.280. The van der Waals surface area contributed by atoms with Gasteiger partial charge in [-0.15, -0.1) is 0 Å². The molecule has 3 aliphatic rings. The van der Waals surface area contributed by atoms with Crippen LogP contribution in [0.3, 0.4) is 0 Å². The van der Waals surface area contributed by atoms with E-state index in [1.807, 2.05) is 0 Å². The van der Waals surface area contributed by atoms with E-state index >= 15 is 0 Å². The molecule has 2 saturated heterocycles. The van der Waals surface area contributed by atoms with Gasteiger partial charge in [-0.25, -0.2) is 0 Å². The smallest absolute Gasteiger partial charge is 0.0813 e. The highest BCUT2D eigenvalue weighted by Gasteiger charge is 2.41. The van der Waals surface area contributed by atoms with E-state index in [-0.39, 0.29) is 5.41 Å². The SMILES string of the molecule is COCC1CCC(C(C)(C)C)O1.COCC1CCC(C2(C)CCCC2)O1. The highest BCUT2D eigenvalue weighted by Crippen LogP contribution is 2.46. The van der Waals surface area contributed by atoms with Gasteiger partial charge in [-0.2, -0.15) is 0 Å². The highest BCUT2D eigenvalue weighted by atomic mass is 16.5. The Morgan fingerprint density at radius 2 is 1.38 bits per heavy atom. The maximum atomic E-state index is 6.06. The highest BCUT2D eigenvalue weighted by molar-refractivity contribution is 4.91. The molecule has 3 fully saturated rings. The summed E-state index contributed by atoms with van der Waals surface area (Å²) in [6.45, 7) is 10.6. The van der Waals surface area contributed by atoms with E-state index in [1.54, 1.807) is 14.2 Å². The molecule has 0 bridgehead atoms. The van der Waals surface area contributed by atoms with Crippen LogP contribution in [0.2, 0.25) is 0 Å². The fraction of sp³-hybridized carbons (Fsp3) is 1.00. The second-order valence-corrected chi connectivity index (χ2v) is 9.79. The van der Waals surface area contributed by atoms with Gasteiger partial charge < -0.3 is 18.9 Å². The Kier molecular flexibility index (Phi) is 8.39. The Morgan fingerprint density at radius 3 is 1.88 bits per heavy atom. The zero-order valence-electron chi connectivity index (χ0n) is 18.0. The number of hydrogen-bond donors (Lipinski definition) is 0. The van der Waals surface area contributed by atoms with E-state index in [2.05, 4.69) is 27.7 Å². The van der Waals surface area contributed by atoms with Gasteiger partial charge in [0.25, 0.3) is 0 Å². The van der Waals surface area contributed by atoms with Gasteiger partial charge in [0.15, 0.2) is 0 Å². The summed E-state index contributed by atoms with van der Waals surface area (Å²) in [5, 5.41) is 0. The first-order chi connectivity index (χ1) is 12.3. The predicted molar refractivity (Wildman–Crippen MR) is 106 cm³/mol. The van der Waals surface area contributed by atoms with E-state index in [1.165, 1.54) is 44.9 Å². The largest absolute Gasteiger partial charge is 0.382 e. The maximum absolute atomic E-state index is 6.06. The van der Waals surface area contributed by atoms with Crippen molar-refractivity contribution in [3.63, 3.8) is 0 Å². The van der Waals surface area contributed by atoms with E-state index in [4.69, 9.17) is 18.9 Å². The van der Waals surface area contributed by atoms with Crippen molar-refractivity contribution in [2.45, 2.75) is 103 Å². The Labute approximate surface area is 161 Å². The number of hydrogen-bond acceptors (Lipinski definition) is 4. The van der Waals surface area contributed by atoms with Crippen molar-refractivity contribution in [2.75, 3.05) is 27.4 Å². The first-order valence-corrected chi connectivity index (χ1v) is 10.6. The average Bonchev–Trinajstić information content (AvgIpc) is 3.29. The van der Waals surface area contributed by atoms with Crippen molar-refractivity contribution in [3.05, 3.63) is 0 Å². The topological polar surface area (TPSA) is 36.9 Å². The van der Waals surface area contributed by atoms with Crippen LogP contribution in [0.15, 0.2) is 0 Å². The minimum absolute atomic E-state index is 0.280. The van der Waals surface area contributed by atoms with Crippen molar-refractivity contribution < 1.29 is 18.9 Å². The molecule has 0 aromatic rings. The second kappa shape index (κ2) is 9.86. The maximum Gasteiger partial charge on any atom is 0.0813 e. The van der Waals surface area contributed by atoms with Crippen LogP contribution in [0.1, 0.15) is 79.1 Å². The molecule has 4 heteroatoms. The third kappa shape index (κ3) is 6.19. The average molecular weight is 371 g/mol. The van der Waals surface area contributed by atoms with Crippen molar-refractivity contribution in [1.29, 1.82) is 0 Å². The van der Waals surface area contributed by atoms with Crippen LogP contribution in [-0.4, -0.2) is 51.8 Å². The molecular formula is C22H42O4. The van der Waals surface area contributed by atoms with Gasteiger partial charge in [-0.05, 0) is 49.4 Å². The van der Waals surface area contributed by atoms with Crippen LogP contribution in [0.5, 0.6) is 0 Å². The summed E-state index contributed by atoms with van der Waals surface area (Å²) in [4.78, 5) is 0. The molecule has 3 rings (SSSR count). The molecule has 1 saturated carbocycles. The summed E-state index contributed by atoms with van der Waals surface area (Å²) in [6, 6.07) is 0. The summed E-state index contributed by atoms with van der Waals surface area (Å²) in [5.74, 6) is 0. The molecule has 1 aliphatic carbocycles. The fourth-order valence-electron chi connectivity index (χ4n) is 4.68. The van der Waals surface area contributed by atoms with Gasteiger partial charge in [0.05, 0.1) is 37.6 Å². The van der Waals surface area contributed by atoms with Crippen LogP contribution in [0.4, 0.5) is 0 Å². The molecule has 154 valence electrons. The second-order valence-electron chi connectivity index (χ2n) is 9.79. The molecule has 0 N–H and O–H groups in total. The van der Waals surface area contributed by atoms with Gasteiger partial charge in [-0.1, -0.05) is 40.5 Å². The summed E-state index contributed by atoms with van der Waals surface area (Å²) in [5.41, 5.74) is 0.755. The van der Waals surface area contributed by atoms with E-state index < -0.39 is 0 Å². The zero-order valence-corrected chi connectivity index (χ0v) is 18.0. The minimum Gasteiger partial charge on any atom is -0.382 e. The molecule has 0 aromatic carbocycles. The monoisotopic (exact) mass is 370 g/mol. The van der Waals surface area contributed by atoms with E-state index in [0.29, 0.717) is 29.8 Å². The normalized spacial score (nSPS) is 33.9. The van der Waals surface area contributed by atoms with Gasteiger partial charge in [0, 0.05) is 14.2 Å². The van der Waals surface area contributed by atoms with Crippen LogP contribution in [0, 0.1) is 10.8 Å². The molecule has 4 nitrogen and oxygen atoms in total. The zero-order chi connectivity index (χ0) is 19.2. The van der Waals surface area contributed by atoms with Crippen molar-refractivity contribution >= 4 is 0 Å². The molecule has 26 heavy (non-hydrogen) atoms. The Bertz CT molecular complexity index is 397. The van der Waals surface area contributed by atoms with Crippen molar-refractivity contribution in [3.8, 4) is 0 Å². The summed E-state index contributed by atoms with van der Waals surface area (Å²) < 4.78 is 22.1. The van der Waals surface area contributed by atoms with Crippen LogP contribution < -0.4 is 0 Å². The third-order valence-electron chi connectivity index (χ3n) is 6.41. The molecular weight excluding hydrogens is 328 g/mol. The summed E-state index contributed by atoms with van der Waals surface area (Å²) in [7, 11) is 3.49. The lowest BCUT2D eigenvalue weighted by Crippen LogP contribution is -2.30. The third-order valence-corrected chi connectivity index (χ3v) is 6.41. The first kappa shape index (κ1) is 22.1. The Balaban J connectivity index is 0.000000190. The van der Waals surface area contributed by atoms with Crippen molar-refractivity contribution in [2.24, 2.45) is 10.8 Å².